The van der Waals surface area contributed by atoms with E-state index in [9.17, 15) is 0 Å². The molecule has 0 aliphatic heterocycles. The lowest BCUT2D eigenvalue weighted by Gasteiger charge is -2.09. The third-order valence-corrected chi connectivity index (χ3v) is 4.58. The van der Waals surface area contributed by atoms with Crippen LogP contribution < -0.4 is 0 Å². The standard InChI is InChI=1S/C16H17S2/c1-14(18-16-10-6-3-7-11-16)12-13-17-15-8-4-2-5-9-15/h2-11H,12-13H2,1H3. The highest BCUT2D eigenvalue weighted by Crippen LogP contribution is 2.32. The van der Waals surface area contributed by atoms with Crippen LogP contribution in [0, 0.1) is 5.25 Å². The van der Waals surface area contributed by atoms with Crippen molar-refractivity contribution in [3.05, 3.63) is 65.9 Å². The van der Waals surface area contributed by atoms with Gasteiger partial charge < -0.3 is 0 Å². The molecule has 0 bridgehead atoms. The molecular formula is C16H17S2. The molecule has 2 rings (SSSR count). The average Bonchev–Trinajstić information content (AvgIpc) is 2.41. The van der Waals surface area contributed by atoms with Crippen molar-refractivity contribution in [1.82, 2.24) is 0 Å². The van der Waals surface area contributed by atoms with E-state index in [4.69, 9.17) is 0 Å². The first kappa shape index (κ1) is 13.6. The van der Waals surface area contributed by atoms with Gasteiger partial charge in [0.15, 0.2) is 0 Å². The number of hydrogen-bond donors (Lipinski definition) is 0. The molecule has 0 atom stereocenters. The third kappa shape index (κ3) is 4.79. The lowest BCUT2D eigenvalue weighted by molar-refractivity contribution is 1.07. The minimum atomic E-state index is 1.15. The van der Waals surface area contributed by atoms with E-state index in [2.05, 4.69) is 67.6 Å². The molecule has 2 aromatic carbocycles. The van der Waals surface area contributed by atoms with Gasteiger partial charge in [-0.25, -0.2) is 0 Å². The summed E-state index contributed by atoms with van der Waals surface area (Å²) in [5.41, 5.74) is 0. The molecule has 0 aliphatic rings. The van der Waals surface area contributed by atoms with Gasteiger partial charge in [0, 0.05) is 15.0 Å². The Balaban J connectivity index is 1.71. The van der Waals surface area contributed by atoms with Crippen LogP contribution in [0.2, 0.25) is 0 Å². The molecule has 0 nitrogen and oxygen atoms in total. The SMILES string of the molecule is C[C](CCSc1ccccc1)Sc1ccccc1. The molecule has 0 saturated heterocycles. The summed E-state index contributed by atoms with van der Waals surface area (Å²) in [4.78, 5) is 2.69. The first-order valence-corrected chi connectivity index (χ1v) is 7.88. The summed E-state index contributed by atoms with van der Waals surface area (Å²) in [7, 11) is 0. The van der Waals surface area contributed by atoms with Gasteiger partial charge in [0.05, 0.1) is 0 Å². The number of rotatable bonds is 6. The lowest BCUT2D eigenvalue weighted by Crippen LogP contribution is -1.88. The van der Waals surface area contributed by atoms with E-state index in [-0.39, 0.29) is 0 Å². The first-order chi connectivity index (χ1) is 8.84. The predicted octanol–water partition coefficient (Wildman–Crippen LogP) is 5.51. The fraction of sp³-hybridized carbons (Fsp3) is 0.188. The number of benzene rings is 2. The summed E-state index contributed by atoms with van der Waals surface area (Å²) in [5, 5.41) is 1.48. The molecule has 1 radical (unpaired) electrons. The minimum Gasteiger partial charge on any atom is -0.126 e. The van der Waals surface area contributed by atoms with Crippen LogP contribution in [0.15, 0.2) is 70.5 Å². The van der Waals surface area contributed by atoms with Gasteiger partial charge in [0.2, 0.25) is 0 Å². The third-order valence-electron chi connectivity index (χ3n) is 2.50. The lowest BCUT2D eigenvalue weighted by atomic mass is 10.4. The number of hydrogen-bond acceptors (Lipinski definition) is 2. The van der Waals surface area contributed by atoms with E-state index in [0.29, 0.717) is 0 Å². The Labute approximate surface area is 118 Å². The Hall–Kier alpha value is -0.860. The minimum absolute atomic E-state index is 1.15. The van der Waals surface area contributed by atoms with Crippen molar-refractivity contribution in [3.63, 3.8) is 0 Å². The van der Waals surface area contributed by atoms with Crippen LogP contribution >= 0.6 is 23.5 Å². The molecule has 0 saturated carbocycles. The van der Waals surface area contributed by atoms with E-state index < -0.39 is 0 Å². The smallest absolute Gasteiger partial charge is 0.0334 e. The normalized spacial score (nSPS) is 10.8. The highest BCUT2D eigenvalue weighted by atomic mass is 32.2. The fourth-order valence-electron chi connectivity index (χ4n) is 1.57. The zero-order chi connectivity index (χ0) is 12.6. The molecule has 0 unspecified atom stereocenters. The van der Waals surface area contributed by atoms with Crippen LogP contribution in [0.1, 0.15) is 13.3 Å². The van der Waals surface area contributed by atoms with Gasteiger partial charge in [-0.1, -0.05) is 36.4 Å². The molecule has 2 aromatic rings. The average molecular weight is 273 g/mol. The van der Waals surface area contributed by atoms with E-state index in [1.54, 1.807) is 0 Å². The van der Waals surface area contributed by atoms with E-state index in [1.165, 1.54) is 15.0 Å². The van der Waals surface area contributed by atoms with Gasteiger partial charge in [-0.2, -0.15) is 0 Å². The van der Waals surface area contributed by atoms with Crippen molar-refractivity contribution < 1.29 is 0 Å². The van der Waals surface area contributed by atoms with Crippen molar-refractivity contribution in [2.45, 2.75) is 23.1 Å². The maximum Gasteiger partial charge on any atom is 0.0334 e. The zero-order valence-electron chi connectivity index (χ0n) is 10.5. The molecule has 18 heavy (non-hydrogen) atoms. The van der Waals surface area contributed by atoms with Gasteiger partial charge >= 0.3 is 0 Å². The molecule has 0 aromatic heterocycles. The molecule has 0 fully saturated rings. The van der Waals surface area contributed by atoms with Crippen molar-refractivity contribution in [1.29, 1.82) is 0 Å². The van der Waals surface area contributed by atoms with Crippen LogP contribution in [-0.4, -0.2) is 5.75 Å². The second kappa shape index (κ2) is 7.55. The Morgan fingerprint density at radius 1 is 0.833 bits per heavy atom. The maximum absolute atomic E-state index is 2.23. The molecule has 0 amide bonds. The van der Waals surface area contributed by atoms with E-state index in [1.807, 2.05) is 23.5 Å². The zero-order valence-corrected chi connectivity index (χ0v) is 12.1. The highest BCUT2D eigenvalue weighted by molar-refractivity contribution is 8.02. The summed E-state index contributed by atoms with van der Waals surface area (Å²) >= 11 is 3.81. The Kier molecular flexibility index (Phi) is 5.69. The quantitative estimate of drug-likeness (QED) is 0.636. The van der Waals surface area contributed by atoms with E-state index >= 15 is 0 Å². The maximum atomic E-state index is 2.23. The highest BCUT2D eigenvalue weighted by Gasteiger charge is 2.05. The molecule has 0 N–H and O–H groups in total. The van der Waals surface area contributed by atoms with Gasteiger partial charge in [0.25, 0.3) is 0 Å². The monoisotopic (exact) mass is 273 g/mol. The summed E-state index contributed by atoms with van der Waals surface area (Å²) in [6.07, 6.45) is 1.15. The summed E-state index contributed by atoms with van der Waals surface area (Å²) in [5.74, 6) is 1.15. The first-order valence-electron chi connectivity index (χ1n) is 6.08. The summed E-state index contributed by atoms with van der Waals surface area (Å²) < 4.78 is 0. The Morgan fingerprint density at radius 2 is 1.39 bits per heavy atom. The van der Waals surface area contributed by atoms with Crippen LogP contribution in [-0.2, 0) is 0 Å². The van der Waals surface area contributed by atoms with Gasteiger partial charge in [-0.15, -0.1) is 23.5 Å². The topological polar surface area (TPSA) is 0 Å². The summed E-state index contributed by atoms with van der Waals surface area (Å²) in [6.45, 7) is 2.23. The molecule has 0 aliphatic carbocycles. The van der Waals surface area contributed by atoms with Crippen LogP contribution in [0.25, 0.3) is 0 Å². The second-order valence-corrected chi connectivity index (χ2v) is 6.57. The van der Waals surface area contributed by atoms with Crippen molar-refractivity contribution in [2.24, 2.45) is 0 Å². The van der Waals surface area contributed by atoms with Crippen molar-refractivity contribution in [2.75, 3.05) is 5.75 Å². The van der Waals surface area contributed by atoms with Crippen LogP contribution in [0.3, 0.4) is 0 Å². The largest absolute Gasteiger partial charge is 0.126 e. The van der Waals surface area contributed by atoms with Crippen molar-refractivity contribution >= 4 is 23.5 Å². The summed E-state index contributed by atoms with van der Waals surface area (Å²) in [6, 6.07) is 21.2. The second-order valence-electron chi connectivity index (χ2n) is 4.03. The number of thioether (sulfide) groups is 2. The fourth-order valence-corrected chi connectivity index (χ4v) is 3.59. The van der Waals surface area contributed by atoms with Crippen molar-refractivity contribution in [3.8, 4) is 0 Å². The Morgan fingerprint density at radius 3 is 2.00 bits per heavy atom. The predicted molar refractivity (Wildman–Crippen MR) is 83.0 cm³/mol. The Bertz CT molecular complexity index is 439. The molecule has 0 heterocycles. The van der Waals surface area contributed by atoms with Gasteiger partial charge in [-0.05, 0) is 43.4 Å². The molecular weight excluding hydrogens is 256 g/mol. The molecule has 0 spiro atoms. The van der Waals surface area contributed by atoms with Crippen LogP contribution in [0.4, 0.5) is 0 Å². The molecule has 93 valence electrons. The van der Waals surface area contributed by atoms with E-state index in [0.717, 1.165) is 12.2 Å². The van der Waals surface area contributed by atoms with Gasteiger partial charge in [0.1, 0.15) is 0 Å². The van der Waals surface area contributed by atoms with Crippen LogP contribution in [0.5, 0.6) is 0 Å². The van der Waals surface area contributed by atoms with Gasteiger partial charge in [-0.3, -0.25) is 0 Å². The molecule has 2 heteroatoms.